The molecule has 148 valence electrons. The van der Waals surface area contributed by atoms with Crippen molar-refractivity contribution in [3.8, 4) is 0 Å². The van der Waals surface area contributed by atoms with E-state index in [9.17, 15) is 14.7 Å². The summed E-state index contributed by atoms with van der Waals surface area (Å²) in [4.78, 5) is 26.7. The van der Waals surface area contributed by atoms with Crippen LogP contribution in [-0.4, -0.2) is 35.7 Å². The number of nitrogens with zero attached hydrogens (tertiary/aromatic N) is 1. The number of para-hydroxylation sites is 1. The molecule has 6 heteroatoms. The number of anilines is 2. The fourth-order valence-corrected chi connectivity index (χ4v) is 3.52. The summed E-state index contributed by atoms with van der Waals surface area (Å²) in [5, 5.41) is 15.6. The van der Waals surface area contributed by atoms with Crippen LogP contribution in [0.15, 0.2) is 54.6 Å². The third-order valence-electron chi connectivity index (χ3n) is 5.06. The van der Waals surface area contributed by atoms with Gasteiger partial charge in [-0.25, -0.2) is 4.79 Å². The lowest BCUT2D eigenvalue weighted by molar-refractivity contribution is 0.0955. The lowest BCUT2D eigenvalue weighted by Gasteiger charge is -2.28. The molecule has 0 bridgehead atoms. The van der Waals surface area contributed by atoms with Crippen molar-refractivity contribution in [2.24, 2.45) is 0 Å². The Kier molecular flexibility index (Phi) is 6.66. The molecule has 0 spiro atoms. The van der Waals surface area contributed by atoms with Gasteiger partial charge in [0.15, 0.2) is 0 Å². The summed E-state index contributed by atoms with van der Waals surface area (Å²) in [6.45, 7) is 2.50. The molecule has 0 radical (unpaired) electrons. The quantitative estimate of drug-likeness (QED) is 0.737. The zero-order chi connectivity index (χ0) is 19.9. The van der Waals surface area contributed by atoms with E-state index in [1.807, 2.05) is 37.3 Å². The van der Waals surface area contributed by atoms with Crippen molar-refractivity contribution in [2.75, 3.05) is 16.8 Å². The molecule has 3 N–H and O–H groups in total. The Balaban J connectivity index is 1.61. The summed E-state index contributed by atoms with van der Waals surface area (Å²) in [5.74, 6) is -0.0879. The second-order valence-electron chi connectivity index (χ2n) is 7.02. The Bertz CT molecular complexity index is 792. The summed E-state index contributed by atoms with van der Waals surface area (Å²) in [6.07, 6.45) is 3.02. The van der Waals surface area contributed by atoms with Crippen molar-refractivity contribution in [3.63, 3.8) is 0 Å². The van der Waals surface area contributed by atoms with E-state index in [4.69, 9.17) is 0 Å². The molecule has 2 aromatic rings. The van der Waals surface area contributed by atoms with Crippen molar-refractivity contribution in [3.05, 3.63) is 60.2 Å². The summed E-state index contributed by atoms with van der Waals surface area (Å²) in [7, 11) is 0. The molecule has 1 aliphatic carbocycles. The van der Waals surface area contributed by atoms with Gasteiger partial charge in [-0.1, -0.05) is 31.0 Å². The van der Waals surface area contributed by atoms with E-state index >= 15 is 0 Å². The second-order valence-corrected chi connectivity index (χ2v) is 7.02. The largest absolute Gasteiger partial charge is 0.391 e. The molecular formula is C22H27N3O3. The van der Waals surface area contributed by atoms with Crippen LogP contribution in [0.3, 0.4) is 0 Å². The average molecular weight is 381 g/mol. The molecular weight excluding hydrogens is 354 g/mol. The predicted molar refractivity (Wildman–Crippen MR) is 111 cm³/mol. The van der Waals surface area contributed by atoms with E-state index in [1.54, 1.807) is 29.2 Å². The van der Waals surface area contributed by atoms with Crippen LogP contribution in [-0.2, 0) is 0 Å². The van der Waals surface area contributed by atoms with Gasteiger partial charge in [0, 0.05) is 23.5 Å². The highest BCUT2D eigenvalue weighted by atomic mass is 16.3. The molecule has 28 heavy (non-hydrogen) atoms. The fourth-order valence-electron chi connectivity index (χ4n) is 3.52. The van der Waals surface area contributed by atoms with Gasteiger partial charge in [0.05, 0.1) is 12.1 Å². The maximum atomic E-state index is 12.8. The van der Waals surface area contributed by atoms with Gasteiger partial charge in [0.1, 0.15) is 0 Å². The van der Waals surface area contributed by atoms with Crippen LogP contribution < -0.4 is 15.5 Å². The topological polar surface area (TPSA) is 81.7 Å². The number of rotatable bonds is 5. The van der Waals surface area contributed by atoms with Crippen LogP contribution in [0.25, 0.3) is 0 Å². The SMILES string of the molecule is CCN(C(=O)c1ccc(NC(=O)N[C@H]2CCCC[C@@H]2O)cc1)c1ccccc1. The van der Waals surface area contributed by atoms with Crippen molar-refractivity contribution in [2.45, 2.75) is 44.8 Å². The van der Waals surface area contributed by atoms with Gasteiger partial charge in [-0.15, -0.1) is 0 Å². The highest BCUT2D eigenvalue weighted by Crippen LogP contribution is 2.20. The van der Waals surface area contributed by atoms with E-state index < -0.39 is 6.10 Å². The minimum absolute atomic E-state index is 0.0879. The molecule has 0 aliphatic heterocycles. The van der Waals surface area contributed by atoms with Crippen LogP contribution in [0.4, 0.5) is 16.2 Å². The van der Waals surface area contributed by atoms with Crippen LogP contribution in [0.5, 0.6) is 0 Å². The van der Waals surface area contributed by atoms with Crippen molar-refractivity contribution >= 4 is 23.3 Å². The third kappa shape index (κ3) is 4.89. The van der Waals surface area contributed by atoms with Gasteiger partial charge < -0.3 is 20.6 Å². The Morgan fingerprint density at radius 1 is 1.04 bits per heavy atom. The summed E-state index contributed by atoms with van der Waals surface area (Å²) in [5.41, 5.74) is 2.00. The van der Waals surface area contributed by atoms with E-state index in [-0.39, 0.29) is 18.0 Å². The smallest absolute Gasteiger partial charge is 0.319 e. The van der Waals surface area contributed by atoms with Crippen molar-refractivity contribution < 1.29 is 14.7 Å². The molecule has 0 heterocycles. The Hall–Kier alpha value is -2.86. The van der Waals surface area contributed by atoms with Gasteiger partial charge in [0.2, 0.25) is 0 Å². The fraction of sp³-hybridized carbons (Fsp3) is 0.364. The van der Waals surface area contributed by atoms with Gasteiger partial charge in [-0.3, -0.25) is 4.79 Å². The first-order chi connectivity index (χ1) is 13.6. The minimum atomic E-state index is -0.488. The highest BCUT2D eigenvalue weighted by Gasteiger charge is 2.24. The number of carbonyl (C=O) groups excluding carboxylic acids is 2. The number of benzene rings is 2. The molecule has 2 aromatic carbocycles. The lowest BCUT2D eigenvalue weighted by Crippen LogP contribution is -2.46. The van der Waals surface area contributed by atoms with Crippen molar-refractivity contribution in [1.29, 1.82) is 0 Å². The first-order valence-corrected chi connectivity index (χ1v) is 9.81. The lowest BCUT2D eigenvalue weighted by atomic mass is 9.93. The molecule has 6 nitrogen and oxygen atoms in total. The van der Waals surface area contributed by atoms with E-state index in [0.29, 0.717) is 17.8 Å². The van der Waals surface area contributed by atoms with E-state index in [2.05, 4.69) is 10.6 Å². The average Bonchev–Trinajstić information content (AvgIpc) is 2.71. The summed E-state index contributed by atoms with van der Waals surface area (Å²) < 4.78 is 0. The monoisotopic (exact) mass is 381 g/mol. The van der Waals surface area contributed by atoms with E-state index in [0.717, 1.165) is 31.4 Å². The van der Waals surface area contributed by atoms with Gasteiger partial charge in [-0.05, 0) is 56.2 Å². The van der Waals surface area contributed by atoms with Gasteiger partial charge in [0.25, 0.3) is 5.91 Å². The maximum absolute atomic E-state index is 12.8. The zero-order valence-corrected chi connectivity index (χ0v) is 16.1. The number of hydrogen-bond donors (Lipinski definition) is 3. The number of aliphatic hydroxyl groups excluding tert-OH is 1. The number of hydrogen-bond acceptors (Lipinski definition) is 3. The molecule has 0 unspecified atom stereocenters. The number of aliphatic hydroxyl groups is 1. The first-order valence-electron chi connectivity index (χ1n) is 9.81. The molecule has 1 aliphatic rings. The highest BCUT2D eigenvalue weighted by molar-refractivity contribution is 6.06. The Morgan fingerprint density at radius 3 is 2.36 bits per heavy atom. The molecule has 0 aromatic heterocycles. The molecule has 0 saturated heterocycles. The van der Waals surface area contributed by atoms with Crippen molar-refractivity contribution in [1.82, 2.24) is 5.32 Å². The van der Waals surface area contributed by atoms with Crippen LogP contribution in [0, 0.1) is 0 Å². The number of carbonyl (C=O) groups is 2. The van der Waals surface area contributed by atoms with Gasteiger partial charge in [-0.2, -0.15) is 0 Å². The number of amides is 3. The van der Waals surface area contributed by atoms with Crippen LogP contribution >= 0.6 is 0 Å². The molecule has 1 fully saturated rings. The van der Waals surface area contributed by atoms with E-state index in [1.165, 1.54) is 0 Å². The Labute approximate surface area is 165 Å². The minimum Gasteiger partial charge on any atom is -0.391 e. The molecule has 3 rings (SSSR count). The third-order valence-corrected chi connectivity index (χ3v) is 5.06. The van der Waals surface area contributed by atoms with Crippen LogP contribution in [0.2, 0.25) is 0 Å². The molecule has 3 amide bonds. The molecule has 1 saturated carbocycles. The first kappa shape index (κ1) is 19.9. The zero-order valence-electron chi connectivity index (χ0n) is 16.1. The second kappa shape index (κ2) is 9.37. The summed E-state index contributed by atoms with van der Waals surface area (Å²) >= 11 is 0. The Morgan fingerprint density at radius 2 is 1.71 bits per heavy atom. The van der Waals surface area contributed by atoms with Gasteiger partial charge >= 0.3 is 6.03 Å². The standard InChI is InChI=1S/C22H27N3O3/c1-2-25(18-8-4-3-5-9-18)21(27)16-12-14-17(15-13-16)23-22(28)24-19-10-6-7-11-20(19)26/h3-5,8-9,12-15,19-20,26H,2,6-7,10-11H2,1H3,(H2,23,24,28)/t19-,20-/m0/s1. The van der Waals surface area contributed by atoms with Crippen LogP contribution in [0.1, 0.15) is 43.0 Å². The number of nitrogens with one attached hydrogen (secondary N) is 2. The predicted octanol–water partition coefficient (Wildman–Crippen LogP) is 3.78. The molecule has 2 atom stereocenters. The normalized spacial score (nSPS) is 18.9. The maximum Gasteiger partial charge on any atom is 0.319 e. The number of urea groups is 1. The summed E-state index contributed by atoms with van der Waals surface area (Å²) in [6, 6.07) is 15.8.